The maximum Gasteiger partial charge on any atom is 0.113 e. The number of aliphatic hydroxyl groups excluding tert-OH is 1. The van der Waals surface area contributed by atoms with Gasteiger partial charge in [-0.1, -0.05) is 30.3 Å². The van der Waals surface area contributed by atoms with Crippen molar-refractivity contribution in [3.8, 4) is 0 Å². The van der Waals surface area contributed by atoms with E-state index >= 15 is 0 Å². The Bertz CT molecular complexity index is 504. The lowest BCUT2D eigenvalue weighted by Crippen LogP contribution is -2.50. The molecule has 0 unspecified atom stereocenters. The van der Waals surface area contributed by atoms with Crippen LogP contribution in [0.4, 0.5) is 0 Å². The Labute approximate surface area is 137 Å². The number of nitrogens with zero attached hydrogens (tertiary/aromatic N) is 1. The first kappa shape index (κ1) is 15.5. The monoisotopic (exact) mass is 318 g/mol. The first-order valence-corrected chi connectivity index (χ1v) is 8.73. The van der Waals surface area contributed by atoms with Gasteiger partial charge in [-0.25, -0.2) is 0 Å². The second kappa shape index (κ2) is 6.87. The van der Waals surface area contributed by atoms with E-state index in [1.807, 2.05) is 0 Å². The van der Waals surface area contributed by atoms with Gasteiger partial charge in [0, 0.05) is 12.6 Å². The maximum absolute atomic E-state index is 9.81. The lowest BCUT2D eigenvalue weighted by atomic mass is 10.0. The molecule has 4 rings (SSSR count). The summed E-state index contributed by atoms with van der Waals surface area (Å²) >= 11 is 0. The third kappa shape index (κ3) is 3.44. The van der Waals surface area contributed by atoms with Crippen LogP contribution in [0.25, 0.3) is 0 Å². The average molecular weight is 318 g/mol. The summed E-state index contributed by atoms with van der Waals surface area (Å²) < 4.78 is 11.4. The van der Waals surface area contributed by atoms with Crippen LogP contribution in [0.5, 0.6) is 0 Å². The smallest absolute Gasteiger partial charge is 0.113 e. The molecule has 0 spiro atoms. The molecule has 3 aliphatic heterocycles. The largest absolute Gasteiger partial charge is 0.388 e. The number of piperidine rings is 1. The number of benzene rings is 1. The second-order valence-corrected chi connectivity index (χ2v) is 6.97. The minimum atomic E-state index is -0.459. The molecule has 23 heavy (non-hydrogen) atoms. The van der Waals surface area contributed by atoms with E-state index in [-0.39, 0.29) is 18.2 Å². The number of hydrogen-bond donors (Lipinski definition) is 2. The minimum absolute atomic E-state index is 0.0207. The molecule has 3 fully saturated rings. The average Bonchev–Trinajstić information content (AvgIpc) is 3.14. The van der Waals surface area contributed by atoms with Crippen LogP contribution in [0.15, 0.2) is 30.3 Å². The molecule has 3 heterocycles. The van der Waals surface area contributed by atoms with Crippen LogP contribution in [0.1, 0.15) is 18.4 Å². The lowest BCUT2D eigenvalue weighted by Gasteiger charge is -2.34. The molecule has 0 bridgehead atoms. The molecule has 1 aromatic rings. The molecule has 5 nitrogen and oxygen atoms in total. The summed E-state index contributed by atoms with van der Waals surface area (Å²) in [6, 6.07) is 11.4. The number of hydrogen-bond acceptors (Lipinski definition) is 5. The molecule has 3 saturated heterocycles. The zero-order valence-electron chi connectivity index (χ0n) is 13.4. The van der Waals surface area contributed by atoms with Crippen molar-refractivity contribution in [2.45, 2.75) is 49.8 Å². The van der Waals surface area contributed by atoms with Gasteiger partial charge in [0.1, 0.15) is 18.3 Å². The molecule has 126 valence electrons. The number of ether oxygens (including phenoxy) is 2. The van der Waals surface area contributed by atoms with Gasteiger partial charge in [0.15, 0.2) is 0 Å². The molecule has 5 heteroatoms. The molecule has 0 radical (unpaired) electrons. The van der Waals surface area contributed by atoms with Gasteiger partial charge in [0.05, 0.1) is 19.3 Å². The Morgan fingerprint density at radius 2 is 1.78 bits per heavy atom. The summed E-state index contributed by atoms with van der Waals surface area (Å²) in [6.07, 6.45) is 1.74. The van der Waals surface area contributed by atoms with E-state index in [2.05, 4.69) is 40.5 Å². The van der Waals surface area contributed by atoms with E-state index < -0.39 is 6.10 Å². The number of likely N-dealkylation sites (tertiary alicyclic amines) is 1. The fourth-order valence-electron chi connectivity index (χ4n) is 4.02. The molecule has 4 atom stereocenters. The molecule has 0 amide bonds. The molecule has 0 aliphatic carbocycles. The lowest BCUT2D eigenvalue weighted by molar-refractivity contribution is 0.0175. The Balaban J connectivity index is 1.24. The van der Waals surface area contributed by atoms with Crippen LogP contribution in [-0.2, 0) is 16.0 Å². The summed E-state index contributed by atoms with van der Waals surface area (Å²) in [5.74, 6) is 0. The van der Waals surface area contributed by atoms with E-state index in [1.165, 1.54) is 5.56 Å². The molecule has 1 aromatic carbocycles. The molecule has 3 aliphatic rings. The van der Waals surface area contributed by atoms with Crippen molar-refractivity contribution in [3.05, 3.63) is 35.9 Å². The van der Waals surface area contributed by atoms with Crippen molar-refractivity contribution in [1.29, 1.82) is 0 Å². The quantitative estimate of drug-likeness (QED) is 0.859. The highest BCUT2D eigenvalue weighted by atomic mass is 16.6. The second-order valence-electron chi connectivity index (χ2n) is 6.97. The Kier molecular flexibility index (Phi) is 4.64. The van der Waals surface area contributed by atoms with Gasteiger partial charge in [-0.05, 0) is 31.5 Å². The fraction of sp³-hybridized carbons (Fsp3) is 0.667. The topological polar surface area (TPSA) is 54.0 Å². The molecular weight excluding hydrogens is 292 g/mol. The van der Waals surface area contributed by atoms with Crippen molar-refractivity contribution >= 4 is 0 Å². The first-order valence-electron chi connectivity index (χ1n) is 8.73. The van der Waals surface area contributed by atoms with E-state index in [9.17, 15) is 5.11 Å². The van der Waals surface area contributed by atoms with Crippen molar-refractivity contribution in [3.63, 3.8) is 0 Å². The van der Waals surface area contributed by atoms with Crippen LogP contribution in [0.3, 0.4) is 0 Å². The van der Waals surface area contributed by atoms with Crippen molar-refractivity contribution in [1.82, 2.24) is 10.2 Å². The summed E-state index contributed by atoms with van der Waals surface area (Å²) in [6.45, 7) is 4.34. The first-order chi connectivity index (χ1) is 11.3. The normalized spacial score (nSPS) is 35.5. The van der Waals surface area contributed by atoms with Gasteiger partial charge in [-0.15, -0.1) is 0 Å². The standard InChI is InChI=1S/C18H26N2O3/c21-16-12-23-17-15(11-22-18(16)17)19-14-6-8-20(9-7-14)10-13-4-2-1-3-5-13/h1-5,14-19,21H,6-12H2/t15-,16-,17-,18-/m1/s1. The Hall–Kier alpha value is -0.980. The maximum atomic E-state index is 9.81. The number of fused-ring (bicyclic) bond motifs is 1. The number of rotatable bonds is 4. The minimum Gasteiger partial charge on any atom is -0.388 e. The van der Waals surface area contributed by atoms with Crippen molar-refractivity contribution in [2.24, 2.45) is 0 Å². The summed E-state index contributed by atoms with van der Waals surface area (Å²) in [7, 11) is 0. The fourth-order valence-corrected chi connectivity index (χ4v) is 4.02. The zero-order valence-corrected chi connectivity index (χ0v) is 13.4. The van der Waals surface area contributed by atoms with Gasteiger partial charge < -0.3 is 19.9 Å². The van der Waals surface area contributed by atoms with E-state index in [4.69, 9.17) is 9.47 Å². The molecule has 2 N–H and O–H groups in total. The van der Waals surface area contributed by atoms with Crippen LogP contribution in [-0.4, -0.2) is 66.7 Å². The number of aliphatic hydroxyl groups is 1. The van der Waals surface area contributed by atoms with Crippen molar-refractivity contribution < 1.29 is 14.6 Å². The van der Waals surface area contributed by atoms with Gasteiger partial charge in [0.2, 0.25) is 0 Å². The van der Waals surface area contributed by atoms with Gasteiger partial charge in [0.25, 0.3) is 0 Å². The molecule has 0 saturated carbocycles. The van der Waals surface area contributed by atoms with Gasteiger partial charge in [-0.2, -0.15) is 0 Å². The predicted octanol–water partition coefficient (Wildman–Crippen LogP) is 0.768. The summed E-state index contributed by atoms with van der Waals surface area (Å²) in [4.78, 5) is 2.53. The predicted molar refractivity (Wildman–Crippen MR) is 87.2 cm³/mol. The summed E-state index contributed by atoms with van der Waals surface area (Å²) in [5, 5.41) is 13.5. The van der Waals surface area contributed by atoms with E-state index in [0.717, 1.165) is 32.5 Å². The third-order valence-electron chi connectivity index (χ3n) is 5.31. The Morgan fingerprint density at radius 1 is 1.04 bits per heavy atom. The van der Waals surface area contributed by atoms with Gasteiger partial charge in [-0.3, -0.25) is 4.90 Å². The van der Waals surface area contributed by atoms with Crippen molar-refractivity contribution in [2.75, 3.05) is 26.3 Å². The SMILES string of the molecule is O[C@@H]1CO[C@H]2[C@@H]1OC[C@H]2NC1CCN(Cc2ccccc2)CC1. The zero-order chi connectivity index (χ0) is 15.6. The van der Waals surface area contributed by atoms with Crippen LogP contribution in [0, 0.1) is 0 Å². The Morgan fingerprint density at radius 3 is 2.57 bits per heavy atom. The molecular formula is C18H26N2O3. The van der Waals surface area contributed by atoms with E-state index in [0.29, 0.717) is 19.3 Å². The van der Waals surface area contributed by atoms with Crippen LogP contribution in [0.2, 0.25) is 0 Å². The highest BCUT2D eigenvalue weighted by Crippen LogP contribution is 2.28. The van der Waals surface area contributed by atoms with Crippen LogP contribution < -0.4 is 5.32 Å². The van der Waals surface area contributed by atoms with E-state index in [1.54, 1.807) is 0 Å². The van der Waals surface area contributed by atoms with Crippen LogP contribution >= 0.6 is 0 Å². The summed E-state index contributed by atoms with van der Waals surface area (Å²) in [5.41, 5.74) is 1.39. The highest BCUT2D eigenvalue weighted by Gasteiger charge is 2.47. The third-order valence-corrected chi connectivity index (χ3v) is 5.31. The molecule has 0 aromatic heterocycles. The van der Waals surface area contributed by atoms with Gasteiger partial charge >= 0.3 is 0 Å². The highest BCUT2D eigenvalue weighted by molar-refractivity contribution is 5.14. The number of nitrogens with one attached hydrogen (secondary N) is 1.